The largest absolute Gasteiger partial charge is 0.488 e. The maximum atomic E-state index is 12.8. The van der Waals surface area contributed by atoms with Crippen molar-refractivity contribution in [2.45, 2.75) is 64.6 Å². The maximum Gasteiger partial charge on any atom is 0.261 e. The first-order valence-corrected chi connectivity index (χ1v) is 12.4. The van der Waals surface area contributed by atoms with Crippen molar-refractivity contribution < 1.29 is 14.3 Å². The van der Waals surface area contributed by atoms with E-state index in [1.807, 2.05) is 24.3 Å². The summed E-state index contributed by atoms with van der Waals surface area (Å²) < 4.78 is 12.4. The highest BCUT2D eigenvalue weighted by molar-refractivity contribution is 7.17. The molecule has 164 valence electrons. The summed E-state index contributed by atoms with van der Waals surface area (Å²) in [4.78, 5) is 14.7. The van der Waals surface area contributed by atoms with Crippen molar-refractivity contribution in [1.82, 2.24) is 5.32 Å². The smallest absolute Gasteiger partial charge is 0.261 e. The van der Waals surface area contributed by atoms with E-state index in [1.165, 1.54) is 38.5 Å². The normalized spacial score (nSPS) is 34.7. The number of para-hydroxylation sites is 1. The van der Waals surface area contributed by atoms with Crippen LogP contribution in [-0.4, -0.2) is 24.7 Å². The molecule has 4 saturated carbocycles. The van der Waals surface area contributed by atoms with Crippen LogP contribution < -0.4 is 10.1 Å². The number of carbonyl (C=O) groups is 1. The third-order valence-electron chi connectivity index (χ3n) is 7.92. The van der Waals surface area contributed by atoms with Crippen LogP contribution in [0.2, 0.25) is 0 Å². The lowest BCUT2D eigenvalue weighted by atomic mass is 9.43. The first-order valence-electron chi connectivity index (χ1n) is 11.6. The second kappa shape index (κ2) is 6.82. The molecule has 7 rings (SSSR count). The molecule has 1 aliphatic heterocycles. The van der Waals surface area contributed by atoms with Crippen molar-refractivity contribution in [3.05, 3.63) is 40.8 Å². The molecule has 2 aromatic rings. The molecule has 0 radical (unpaired) electrons. The quantitative estimate of drug-likeness (QED) is 0.601. The summed E-state index contributed by atoms with van der Waals surface area (Å²) in [5, 5.41) is 3.09. The van der Waals surface area contributed by atoms with Gasteiger partial charge in [0, 0.05) is 22.5 Å². The van der Waals surface area contributed by atoms with Gasteiger partial charge in [0.1, 0.15) is 12.4 Å². The van der Waals surface area contributed by atoms with E-state index in [-0.39, 0.29) is 11.5 Å². The van der Waals surface area contributed by atoms with Gasteiger partial charge in [-0.15, -0.1) is 11.3 Å². The predicted molar refractivity (Wildman–Crippen MR) is 123 cm³/mol. The molecule has 5 aliphatic rings. The molecule has 4 nitrogen and oxygen atoms in total. The van der Waals surface area contributed by atoms with E-state index in [0.29, 0.717) is 30.6 Å². The number of hydrogen-bond donors (Lipinski definition) is 1. The number of thiophene rings is 1. The molecular formula is C26H31NO3S. The van der Waals surface area contributed by atoms with Crippen LogP contribution in [0, 0.1) is 16.7 Å². The van der Waals surface area contributed by atoms with Gasteiger partial charge in [-0.25, -0.2) is 0 Å². The van der Waals surface area contributed by atoms with Crippen LogP contribution in [0.15, 0.2) is 30.3 Å². The lowest BCUT2D eigenvalue weighted by Gasteiger charge is -2.65. The van der Waals surface area contributed by atoms with Crippen molar-refractivity contribution in [3.63, 3.8) is 0 Å². The van der Waals surface area contributed by atoms with Gasteiger partial charge >= 0.3 is 0 Å². The van der Waals surface area contributed by atoms with Crippen LogP contribution in [0.1, 0.15) is 67.6 Å². The SMILES string of the molecule is C[C@]12CC3CC(OCCNC(=O)c4cc5c(s4)-c4ccccc4OC5)(C1)C[C@@](C)(C3)C2. The zero-order chi connectivity index (χ0) is 21.3. The Morgan fingerprint density at radius 2 is 1.94 bits per heavy atom. The summed E-state index contributed by atoms with van der Waals surface area (Å²) >= 11 is 1.56. The predicted octanol–water partition coefficient (Wildman–Crippen LogP) is 5.80. The lowest BCUT2D eigenvalue weighted by molar-refractivity contribution is -0.213. The molecule has 4 atom stereocenters. The van der Waals surface area contributed by atoms with Crippen molar-refractivity contribution >= 4 is 17.2 Å². The second-order valence-corrected chi connectivity index (χ2v) is 12.2. The summed E-state index contributed by atoms with van der Waals surface area (Å²) in [6.45, 7) is 6.63. The molecule has 1 aromatic carbocycles. The Labute approximate surface area is 188 Å². The number of amides is 1. The number of hydrogen-bond acceptors (Lipinski definition) is 4. The topological polar surface area (TPSA) is 47.6 Å². The van der Waals surface area contributed by atoms with Gasteiger partial charge in [-0.05, 0) is 73.5 Å². The monoisotopic (exact) mass is 437 g/mol. The molecule has 1 aromatic heterocycles. The molecule has 0 spiro atoms. The van der Waals surface area contributed by atoms with Crippen LogP contribution in [0.3, 0.4) is 0 Å². The number of fused-ring (bicyclic) bond motifs is 3. The Balaban J connectivity index is 1.08. The summed E-state index contributed by atoms with van der Waals surface area (Å²) in [6.07, 6.45) is 7.70. The second-order valence-electron chi connectivity index (χ2n) is 11.2. The number of benzene rings is 1. The fourth-order valence-electron chi connectivity index (χ4n) is 7.83. The van der Waals surface area contributed by atoms with E-state index in [0.717, 1.165) is 32.5 Å². The standard InChI is InChI=1S/C26H31NO3S/c1-24-10-17-11-25(2,14-24)16-26(12-17,15-24)30-8-7-27-23(28)21-9-18-13-29-20-6-4-3-5-19(20)22(18)31-21/h3-6,9,17H,7-8,10-16H2,1-2H3,(H,27,28)/t17?,24-,25+,26?. The Kier molecular flexibility index (Phi) is 4.36. The fraction of sp³-hybridized carbons (Fsp3) is 0.577. The first-order chi connectivity index (χ1) is 14.8. The van der Waals surface area contributed by atoms with Gasteiger partial charge in [-0.3, -0.25) is 4.79 Å². The highest BCUT2D eigenvalue weighted by Crippen LogP contribution is 2.67. The zero-order valence-electron chi connectivity index (χ0n) is 18.5. The third-order valence-corrected chi connectivity index (χ3v) is 9.13. The van der Waals surface area contributed by atoms with E-state index < -0.39 is 0 Å². The molecule has 2 heterocycles. The minimum atomic E-state index is -0.00934. The van der Waals surface area contributed by atoms with Crippen LogP contribution in [0.4, 0.5) is 0 Å². The van der Waals surface area contributed by atoms with Gasteiger partial charge in [-0.2, -0.15) is 0 Å². The van der Waals surface area contributed by atoms with Crippen molar-refractivity contribution in [3.8, 4) is 16.2 Å². The molecule has 1 amide bonds. The number of rotatable bonds is 5. The molecule has 5 heteroatoms. The lowest BCUT2D eigenvalue weighted by Crippen LogP contribution is -2.59. The average molecular weight is 438 g/mol. The molecule has 0 saturated heterocycles. The molecule has 4 aliphatic carbocycles. The van der Waals surface area contributed by atoms with Gasteiger partial charge < -0.3 is 14.8 Å². The minimum Gasteiger partial charge on any atom is -0.488 e. The Hall–Kier alpha value is -1.85. The summed E-state index contributed by atoms with van der Waals surface area (Å²) in [5.41, 5.74) is 3.12. The zero-order valence-corrected chi connectivity index (χ0v) is 19.3. The van der Waals surface area contributed by atoms with E-state index >= 15 is 0 Å². The minimum absolute atomic E-state index is 0.00934. The van der Waals surface area contributed by atoms with Crippen LogP contribution in [0.25, 0.3) is 10.4 Å². The molecule has 31 heavy (non-hydrogen) atoms. The molecule has 4 fully saturated rings. The van der Waals surface area contributed by atoms with Crippen LogP contribution >= 0.6 is 11.3 Å². The fourth-order valence-corrected chi connectivity index (χ4v) is 8.95. The maximum absolute atomic E-state index is 12.8. The van der Waals surface area contributed by atoms with Gasteiger partial charge in [0.25, 0.3) is 5.91 Å². The van der Waals surface area contributed by atoms with Crippen molar-refractivity contribution in [2.24, 2.45) is 16.7 Å². The average Bonchev–Trinajstić information content (AvgIpc) is 3.13. The number of ether oxygens (including phenoxy) is 2. The van der Waals surface area contributed by atoms with E-state index in [4.69, 9.17) is 9.47 Å². The number of carbonyl (C=O) groups excluding carboxylic acids is 1. The Bertz CT molecular complexity index is 1030. The van der Waals surface area contributed by atoms with Crippen LogP contribution in [0.5, 0.6) is 5.75 Å². The number of nitrogens with one attached hydrogen (secondary N) is 1. The van der Waals surface area contributed by atoms with Crippen molar-refractivity contribution in [2.75, 3.05) is 13.2 Å². The third kappa shape index (κ3) is 3.41. The molecule has 4 bridgehead atoms. The molecule has 2 unspecified atom stereocenters. The van der Waals surface area contributed by atoms with Gasteiger partial charge in [0.05, 0.1) is 17.1 Å². The summed E-state index contributed by atoms with van der Waals surface area (Å²) in [5.74, 6) is 1.71. The van der Waals surface area contributed by atoms with Gasteiger partial charge in [0.2, 0.25) is 0 Å². The summed E-state index contributed by atoms with van der Waals surface area (Å²) in [6, 6.07) is 10.0. The Morgan fingerprint density at radius 1 is 1.16 bits per heavy atom. The van der Waals surface area contributed by atoms with Crippen molar-refractivity contribution in [1.29, 1.82) is 0 Å². The molecular weight excluding hydrogens is 406 g/mol. The van der Waals surface area contributed by atoms with E-state index in [9.17, 15) is 4.79 Å². The first kappa shape index (κ1) is 19.8. The van der Waals surface area contributed by atoms with E-state index in [1.54, 1.807) is 11.3 Å². The Morgan fingerprint density at radius 3 is 2.71 bits per heavy atom. The summed E-state index contributed by atoms with van der Waals surface area (Å²) in [7, 11) is 0. The van der Waals surface area contributed by atoms with Gasteiger partial charge in [0.15, 0.2) is 0 Å². The highest BCUT2D eigenvalue weighted by atomic mass is 32.1. The van der Waals surface area contributed by atoms with E-state index in [2.05, 4.69) is 25.2 Å². The van der Waals surface area contributed by atoms with Crippen LogP contribution in [-0.2, 0) is 11.3 Å². The highest BCUT2D eigenvalue weighted by Gasteiger charge is 2.60. The molecule has 1 N–H and O–H groups in total. The van der Waals surface area contributed by atoms with Gasteiger partial charge in [-0.1, -0.05) is 26.0 Å².